The van der Waals surface area contributed by atoms with Gasteiger partial charge < -0.3 is 5.73 Å². The molecular weight excluding hydrogens is 267 g/mol. The topological polar surface area (TPSA) is 67.6 Å². The summed E-state index contributed by atoms with van der Waals surface area (Å²) in [5.74, 6) is 0.869. The Hall–Kier alpha value is -2.53. The van der Waals surface area contributed by atoms with Gasteiger partial charge in [0.25, 0.3) is 0 Å². The molecule has 21 heavy (non-hydrogen) atoms. The Morgan fingerprint density at radius 3 is 2.62 bits per heavy atom. The van der Waals surface area contributed by atoms with E-state index in [1.807, 2.05) is 31.2 Å². The summed E-state index contributed by atoms with van der Waals surface area (Å²) in [5.41, 5.74) is 8.99. The molecule has 0 saturated carbocycles. The zero-order valence-corrected chi connectivity index (χ0v) is 11.5. The zero-order chi connectivity index (χ0) is 14.8. The van der Waals surface area contributed by atoms with Crippen molar-refractivity contribution in [3.8, 4) is 11.4 Å². The van der Waals surface area contributed by atoms with Crippen molar-refractivity contribution in [2.75, 3.05) is 0 Å². The average molecular weight is 282 g/mol. The third-order valence-electron chi connectivity index (χ3n) is 3.30. The molecule has 3 N–H and O–H groups in total. The van der Waals surface area contributed by atoms with Crippen LogP contribution in [0.1, 0.15) is 23.0 Å². The van der Waals surface area contributed by atoms with E-state index < -0.39 is 6.04 Å². The predicted molar refractivity (Wildman–Crippen MR) is 79.0 cm³/mol. The lowest BCUT2D eigenvalue weighted by Crippen LogP contribution is -2.13. The molecule has 0 bridgehead atoms. The third-order valence-corrected chi connectivity index (χ3v) is 3.30. The lowest BCUT2D eigenvalue weighted by molar-refractivity contribution is 0.626. The molecule has 2 aromatic carbocycles. The van der Waals surface area contributed by atoms with Gasteiger partial charge in [0.05, 0.1) is 6.04 Å². The predicted octanol–water partition coefficient (Wildman–Crippen LogP) is 2.97. The van der Waals surface area contributed by atoms with Crippen LogP contribution in [0.4, 0.5) is 4.39 Å². The highest BCUT2D eigenvalue weighted by Crippen LogP contribution is 2.20. The van der Waals surface area contributed by atoms with Crippen LogP contribution >= 0.6 is 0 Å². The SMILES string of the molecule is Cc1cccc(-c2n[nH]c([C@@H](N)c3ccc(F)cc3)n2)c1. The maximum absolute atomic E-state index is 12.9. The highest BCUT2D eigenvalue weighted by atomic mass is 19.1. The first kappa shape index (κ1) is 13.5. The molecule has 0 aliphatic heterocycles. The number of nitrogens with zero attached hydrogens (tertiary/aromatic N) is 2. The number of H-pyrrole nitrogens is 1. The molecule has 106 valence electrons. The third kappa shape index (κ3) is 2.83. The Morgan fingerprint density at radius 1 is 1.14 bits per heavy atom. The molecule has 0 fully saturated rings. The van der Waals surface area contributed by atoms with E-state index in [4.69, 9.17) is 5.73 Å². The van der Waals surface area contributed by atoms with Crippen LogP contribution in [0.5, 0.6) is 0 Å². The summed E-state index contributed by atoms with van der Waals surface area (Å²) in [7, 11) is 0. The van der Waals surface area contributed by atoms with Crippen LogP contribution < -0.4 is 5.73 Å². The summed E-state index contributed by atoms with van der Waals surface area (Å²) in [5, 5.41) is 7.06. The van der Waals surface area contributed by atoms with Crippen LogP contribution in [0.2, 0.25) is 0 Å². The molecule has 0 unspecified atom stereocenters. The standard InChI is InChI=1S/C16H15FN4/c1-10-3-2-4-12(9-10)15-19-16(21-20-15)14(18)11-5-7-13(17)8-6-11/h2-9,14H,18H2,1H3,(H,19,20,21)/t14-/m0/s1. The Balaban J connectivity index is 1.89. The second-order valence-corrected chi connectivity index (χ2v) is 4.94. The van der Waals surface area contributed by atoms with Crippen molar-refractivity contribution < 1.29 is 4.39 Å². The molecule has 1 atom stereocenters. The number of aromatic nitrogens is 3. The molecule has 0 aliphatic carbocycles. The van der Waals surface area contributed by atoms with Gasteiger partial charge >= 0.3 is 0 Å². The molecule has 4 nitrogen and oxygen atoms in total. The second-order valence-electron chi connectivity index (χ2n) is 4.94. The first-order valence-electron chi connectivity index (χ1n) is 6.64. The second kappa shape index (κ2) is 5.46. The summed E-state index contributed by atoms with van der Waals surface area (Å²) in [6.07, 6.45) is 0. The van der Waals surface area contributed by atoms with E-state index in [1.54, 1.807) is 12.1 Å². The Kier molecular flexibility index (Phi) is 3.50. The molecule has 0 spiro atoms. The maximum atomic E-state index is 12.9. The number of aryl methyl sites for hydroxylation is 1. The summed E-state index contributed by atoms with van der Waals surface area (Å²) < 4.78 is 12.9. The maximum Gasteiger partial charge on any atom is 0.181 e. The van der Waals surface area contributed by atoms with Gasteiger partial charge in [0.15, 0.2) is 5.82 Å². The normalized spacial score (nSPS) is 12.3. The van der Waals surface area contributed by atoms with Crippen molar-refractivity contribution in [2.24, 2.45) is 5.73 Å². The first-order chi connectivity index (χ1) is 10.1. The molecule has 3 rings (SSSR count). The number of nitrogens with two attached hydrogens (primary N) is 1. The lowest BCUT2D eigenvalue weighted by Gasteiger charge is -2.07. The number of hydrogen-bond acceptors (Lipinski definition) is 3. The average Bonchev–Trinajstić information content (AvgIpc) is 2.97. The van der Waals surface area contributed by atoms with E-state index in [9.17, 15) is 4.39 Å². The van der Waals surface area contributed by atoms with E-state index in [0.717, 1.165) is 16.7 Å². The first-order valence-corrected chi connectivity index (χ1v) is 6.64. The number of nitrogens with one attached hydrogen (secondary N) is 1. The quantitative estimate of drug-likeness (QED) is 0.776. The van der Waals surface area contributed by atoms with Crippen molar-refractivity contribution in [1.82, 2.24) is 15.2 Å². The van der Waals surface area contributed by atoms with Gasteiger partial charge in [0, 0.05) is 5.56 Å². The zero-order valence-electron chi connectivity index (χ0n) is 11.5. The summed E-state index contributed by atoms with van der Waals surface area (Å²) >= 11 is 0. The molecular formula is C16H15FN4. The van der Waals surface area contributed by atoms with Crippen LogP contribution in [0, 0.1) is 12.7 Å². The van der Waals surface area contributed by atoms with E-state index in [0.29, 0.717) is 11.6 Å². The summed E-state index contributed by atoms with van der Waals surface area (Å²) in [6.45, 7) is 2.02. The summed E-state index contributed by atoms with van der Waals surface area (Å²) in [6, 6.07) is 13.5. The highest BCUT2D eigenvalue weighted by molar-refractivity contribution is 5.55. The molecule has 1 aromatic heterocycles. The van der Waals surface area contributed by atoms with Gasteiger partial charge in [-0.25, -0.2) is 9.37 Å². The number of benzene rings is 2. The van der Waals surface area contributed by atoms with Crippen LogP contribution in [0.3, 0.4) is 0 Å². The molecule has 3 aromatic rings. The fraction of sp³-hybridized carbons (Fsp3) is 0.125. The van der Waals surface area contributed by atoms with Gasteiger partial charge in [0.2, 0.25) is 0 Å². The van der Waals surface area contributed by atoms with Gasteiger partial charge in [0.1, 0.15) is 11.6 Å². The van der Waals surface area contributed by atoms with Crippen molar-refractivity contribution in [3.63, 3.8) is 0 Å². The van der Waals surface area contributed by atoms with Gasteiger partial charge in [-0.2, -0.15) is 5.10 Å². The van der Waals surface area contributed by atoms with Gasteiger partial charge in [-0.15, -0.1) is 0 Å². The van der Waals surface area contributed by atoms with Gasteiger partial charge in [-0.1, -0.05) is 35.9 Å². The monoisotopic (exact) mass is 282 g/mol. The number of hydrogen-bond donors (Lipinski definition) is 2. The van der Waals surface area contributed by atoms with Crippen molar-refractivity contribution in [2.45, 2.75) is 13.0 Å². The Bertz CT molecular complexity index is 749. The van der Waals surface area contributed by atoms with E-state index in [1.165, 1.54) is 12.1 Å². The van der Waals surface area contributed by atoms with Crippen LogP contribution in [0.25, 0.3) is 11.4 Å². The Labute approximate surface area is 121 Å². The van der Waals surface area contributed by atoms with Crippen molar-refractivity contribution in [1.29, 1.82) is 0 Å². The molecule has 0 aliphatic rings. The van der Waals surface area contributed by atoms with Crippen LogP contribution in [-0.4, -0.2) is 15.2 Å². The minimum Gasteiger partial charge on any atom is -0.318 e. The molecule has 0 saturated heterocycles. The van der Waals surface area contributed by atoms with Crippen LogP contribution in [0.15, 0.2) is 48.5 Å². The van der Waals surface area contributed by atoms with Crippen molar-refractivity contribution >= 4 is 0 Å². The van der Waals surface area contributed by atoms with E-state index in [-0.39, 0.29) is 5.82 Å². The van der Waals surface area contributed by atoms with E-state index in [2.05, 4.69) is 15.2 Å². The number of halogens is 1. The summed E-state index contributed by atoms with van der Waals surface area (Å²) in [4.78, 5) is 4.43. The highest BCUT2D eigenvalue weighted by Gasteiger charge is 2.14. The van der Waals surface area contributed by atoms with Crippen LogP contribution in [-0.2, 0) is 0 Å². The Morgan fingerprint density at radius 2 is 1.90 bits per heavy atom. The number of aromatic amines is 1. The lowest BCUT2D eigenvalue weighted by atomic mass is 10.1. The smallest absolute Gasteiger partial charge is 0.181 e. The largest absolute Gasteiger partial charge is 0.318 e. The molecule has 5 heteroatoms. The molecule has 1 heterocycles. The van der Waals surface area contributed by atoms with Gasteiger partial charge in [-0.05, 0) is 30.7 Å². The van der Waals surface area contributed by atoms with Crippen molar-refractivity contribution in [3.05, 3.63) is 71.3 Å². The van der Waals surface area contributed by atoms with E-state index >= 15 is 0 Å². The molecule has 0 radical (unpaired) electrons. The fourth-order valence-corrected chi connectivity index (χ4v) is 2.15. The minimum absolute atomic E-state index is 0.288. The minimum atomic E-state index is -0.461. The number of rotatable bonds is 3. The fourth-order valence-electron chi connectivity index (χ4n) is 2.15. The van der Waals surface area contributed by atoms with Gasteiger partial charge in [-0.3, -0.25) is 5.10 Å². The molecule has 0 amide bonds.